The van der Waals surface area contributed by atoms with E-state index in [0.29, 0.717) is 12.6 Å². The minimum Gasteiger partial charge on any atom is -0.369 e. The number of nitrogens with one attached hydrogen (secondary N) is 2. The van der Waals surface area contributed by atoms with Gasteiger partial charge in [-0.1, -0.05) is 6.07 Å². The van der Waals surface area contributed by atoms with Gasteiger partial charge in [-0.15, -0.1) is 10.2 Å². The Balaban J connectivity index is 1.42. The van der Waals surface area contributed by atoms with E-state index in [2.05, 4.69) is 25.7 Å². The quantitative estimate of drug-likeness (QED) is 0.610. The predicted molar refractivity (Wildman–Crippen MR) is 108 cm³/mol. The van der Waals surface area contributed by atoms with E-state index < -0.39 is 0 Å². The highest BCUT2D eigenvalue weighted by Crippen LogP contribution is 2.21. The number of aliphatic imine (C=N–C) groups is 1. The van der Waals surface area contributed by atoms with Crippen LogP contribution in [0, 0.1) is 12.7 Å². The van der Waals surface area contributed by atoms with Crippen LogP contribution in [-0.4, -0.2) is 45.9 Å². The summed E-state index contributed by atoms with van der Waals surface area (Å²) in [7, 11) is 1.96. The fourth-order valence-electron chi connectivity index (χ4n) is 3.49. The molecule has 1 aromatic carbocycles. The Bertz CT molecular complexity index is 843. The first-order valence-electron chi connectivity index (χ1n) is 10.0. The van der Waals surface area contributed by atoms with Crippen molar-refractivity contribution in [1.82, 2.24) is 25.4 Å². The third-order valence-corrected chi connectivity index (χ3v) is 5.42. The summed E-state index contributed by atoms with van der Waals surface area (Å²) in [5.74, 6) is 2.37. The van der Waals surface area contributed by atoms with Gasteiger partial charge in [-0.3, -0.25) is 0 Å². The van der Waals surface area contributed by atoms with Gasteiger partial charge in [0.25, 0.3) is 0 Å². The zero-order chi connectivity index (χ0) is 19.5. The second kappa shape index (κ2) is 8.16. The summed E-state index contributed by atoms with van der Waals surface area (Å²) in [4.78, 5) is 6.99. The lowest BCUT2D eigenvalue weighted by atomic mass is 10.0. The molecule has 1 aliphatic carbocycles. The van der Waals surface area contributed by atoms with Crippen molar-refractivity contribution in [2.24, 2.45) is 12.0 Å². The maximum Gasteiger partial charge on any atom is 0.192 e. The predicted octanol–water partition coefficient (Wildman–Crippen LogP) is 2.13. The zero-order valence-electron chi connectivity index (χ0n) is 16.5. The van der Waals surface area contributed by atoms with Gasteiger partial charge >= 0.3 is 0 Å². The number of hydrogen-bond acceptors (Lipinski definition) is 4. The van der Waals surface area contributed by atoms with E-state index in [1.807, 2.05) is 24.6 Å². The molecule has 2 fully saturated rings. The standard InChI is InChI=1S/C20H28FN7/c1-14-25-26-19(27(14)2)12-22-20(23-16-8-9-16)24-17-6-4-10-28(13-17)18-7-3-5-15(21)11-18/h3,5,7,11,16-17H,4,6,8-10,12-13H2,1-2H3,(H2,22,23,24). The lowest BCUT2D eigenvalue weighted by molar-refractivity contribution is 0.466. The second-order valence-electron chi connectivity index (χ2n) is 7.72. The molecule has 2 N–H and O–H groups in total. The van der Waals surface area contributed by atoms with E-state index in [9.17, 15) is 4.39 Å². The Labute approximate surface area is 165 Å². The van der Waals surface area contributed by atoms with Gasteiger partial charge in [0.15, 0.2) is 11.8 Å². The first-order chi connectivity index (χ1) is 13.6. The number of anilines is 1. The van der Waals surface area contributed by atoms with Crippen LogP contribution in [0.3, 0.4) is 0 Å². The maximum atomic E-state index is 13.6. The molecule has 1 unspecified atom stereocenters. The largest absolute Gasteiger partial charge is 0.369 e. The van der Waals surface area contributed by atoms with E-state index in [-0.39, 0.29) is 11.9 Å². The minimum absolute atomic E-state index is 0.191. The summed E-state index contributed by atoms with van der Waals surface area (Å²) >= 11 is 0. The SMILES string of the molecule is Cc1nnc(CN=C(NC2CC2)NC2CCCN(c3cccc(F)c3)C2)n1C. The Morgan fingerprint density at radius 2 is 2.04 bits per heavy atom. The molecule has 0 radical (unpaired) electrons. The van der Waals surface area contributed by atoms with Gasteiger partial charge in [-0.2, -0.15) is 0 Å². The summed E-state index contributed by atoms with van der Waals surface area (Å²) in [5, 5.41) is 15.4. The average molecular weight is 385 g/mol. The molecule has 150 valence electrons. The van der Waals surface area contributed by atoms with Crippen LogP contribution in [0.2, 0.25) is 0 Å². The highest BCUT2D eigenvalue weighted by Gasteiger charge is 2.25. The summed E-state index contributed by atoms with van der Waals surface area (Å²) in [6.07, 6.45) is 4.50. The smallest absolute Gasteiger partial charge is 0.192 e. The molecule has 1 saturated carbocycles. The Morgan fingerprint density at radius 3 is 2.75 bits per heavy atom. The van der Waals surface area contributed by atoms with Crippen molar-refractivity contribution >= 4 is 11.6 Å². The summed E-state index contributed by atoms with van der Waals surface area (Å²) in [6, 6.07) is 7.61. The van der Waals surface area contributed by atoms with Gasteiger partial charge in [0, 0.05) is 37.9 Å². The van der Waals surface area contributed by atoms with Gasteiger partial charge in [-0.05, 0) is 50.8 Å². The number of benzene rings is 1. The molecule has 1 atom stereocenters. The molecule has 2 aromatic rings. The first-order valence-corrected chi connectivity index (χ1v) is 10.0. The molecule has 1 aliphatic heterocycles. The van der Waals surface area contributed by atoms with Gasteiger partial charge < -0.3 is 20.1 Å². The Kier molecular flexibility index (Phi) is 5.45. The number of aromatic nitrogens is 3. The lowest BCUT2D eigenvalue weighted by Gasteiger charge is -2.35. The topological polar surface area (TPSA) is 70.4 Å². The monoisotopic (exact) mass is 385 g/mol. The van der Waals surface area contributed by atoms with Crippen LogP contribution in [0.15, 0.2) is 29.3 Å². The molecule has 4 rings (SSSR count). The summed E-state index contributed by atoms with van der Waals surface area (Å²) in [6.45, 7) is 4.20. The van der Waals surface area contributed by atoms with Gasteiger partial charge in [0.2, 0.25) is 0 Å². The minimum atomic E-state index is -0.191. The fourth-order valence-corrected chi connectivity index (χ4v) is 3.49. The van der Waals surface area contributed by atoms with Crippen LogP contribution in [0.1, 0.15) is 37.3 Å². The van der Waals surface area contributed by atoms with Crippen molar-refractivity contribution in [3.8, 4) is 0 Å². The molecule has 28 heavy (non-hydrogen) atoms. The Morgan fingerprint density at radius 1 is 1.21 bits per heavy atom. The highest BCUT2D eigenvalue weighted by atomic mass is 19.1. The molecule has 2 aliphatic rings. The third-order valence-electron chi connectivity index (χ3n) is 5.42. The van der Waals surface area contributed by atoms with Crippen LogP contribution in [0.25, 0.3) is 0 Å². The van der Waals surface area contributed by atoms with Crippen LogP contribution >= 0.6 is 0 Å². The summed E-state index contributed by atoms with van der Waals surface area (Å²) < 4.78 is 15.6. The second-order valence-corrected chi connectivity index (χ2v) is 7.72. The molecule has 0 amide bonds. The van der Waals surface area contributed by atoms with Gasteiger partial charge in [0.05, 0.1) is 0 Å². The average Bonchev–Trinajstić information content (AvgIpc) is 3.45. The molecule has 1 aromatic heterocycles. The number of hydrogen-bond donors (Lipinski definition) is 2. The van der Waals surface area contributed by atoms with E-state index in [1.54, 1.807) is 12.1 Å². The molecule has 7 nitrogen and oxygen atoms in total. The molecular weight excluding hydrogens is 357 g/mol. The lowest BCUT2D eigenvalue weighted by Crippen LogP contribution is -2.51. The van der Waals surface area contributed by atoms with Gasteiger partial charge in [-0.25, -0.2) is 9.38 Å². The van der Waals surface area contributed by atoms with E-state index in [4.69, 9.17) is 4.99 Å². The molecule has 1 saturated heterocycles. The van der Waals surface area contributed by atoms with E-state index >= 15 is 0 Å². The van der Waals surface area contributed by atoms with Crippen molar-refractivity contribution in [3.63, 3.8) is 0 Å². The van der Waals surface area contributed by atoms with Crippen molar-refractivity contribution in [1.29, 1.82) is 0 Å². The van der Waals surface area contributed by atoms with E-state index in [1.165, 1.54) is 18.9 Å². The number of aryl methyl sites for hydroxylation is 1. The molecule has 0 spiro atoms. The number of nitrogens with zero attached hydrogens (tertiary/aromatic N) is 5. The highest BCUT2D eigenvalue weighted by molar-refractivity contribution is 5.80. The normalized spacial score (nSPS) is 20.3. The van der Waals surface area contributed by atoms with Crippen molar-refractivity contribution in [3.05, 3.63) is 41.7 Å². The van der Waals surface area contributed by atoms with Crippen LogP contribution in [0.4, 0.5) is 10.1 Å². The van der Waals surface area contributed by atoms with Crippen molar-refractivity contribution in [2.75, 3.05) is 18.0 Å². The fraction of sp³-hybridized carbons (Fsp3) is 0.550. The number of halogens is 1. The Hall–Kier alpha value is -2.64. The first kappa shape index (κ1) is 18.7. The summed E-state index contributed by atoms with van der Waals surface area (Å²) in [5.41, 5.74) is 0.940. The number of rotatable bonds is 5. The molecule has 2 heterocycles. The van der Waals surface area contributed by atoms with E-state index in [0.717, 1.165) is 49.2 Å². The molecule has 8 heteroatoms. The number of piperidine rings is 1. The van der Waals surface area contributed by atoms with Crippen LogP contribution < -0.4 is 15.5 Å². The molecular formula is C20H28FN7. The maximum absolute atomic E-state index is 13.6. The van der Waals surface area contributed by atoms with Crippen molar-refractivity contribution < 1.29 is 4.39 Å². The zero-order valence-corrected chi connectivity index (χ0v) is 16.5. The molecule has 0 bridgehead atoms. The van der Waals surface area contributed by atoms with Gasteiger partial charge in [0.1, 0.15) is 18.2 Å². The van der Waals surface area contributed by atoms with Crippen LogP contribution in [0.5, 0.6) is 0 Å². The third kappa shape index (κ3) is 4.61. The van der Waals surface area contributed by atoms with Crippen molar-refractivity contribution in [2.45, 2.75) is 51.2 Å². The van der Waals surface area contributed by atoms with Crippen LogP contribution in [-0.2, 0) is 13.6 Å². The number of guanidine groups is 1.